The van der Waals surface area contributed by atoms with Gasteiger partial charge in [-0.15, -0.1) is 0 Å². The summed E-state index contributed by atoms with van der Waals surface area (Å²) in [6, 6.07) is 2.02. The number of hydrogen-bond donors (Lipinski definition) is 0. The molecule has 0 saturated carbocycles. The fourth-order valence-corrected chi connectivity index (χ4v) is 3.63. The Balaban J connectivity index is 1.49. The summed E-state index contributed by atoms with van der Waals surface area (Å²) in [5, 5.41) is 4.21. The summed E-state index contributed by atoms with van der Waals surface area (Å²) in [4.78, 5) is 18.5. The van der Waals surface area contributed by atoms with Gasteiger partial charge in [-0.1, -0.05) is 19.0 Å². The molecular weight excluding hydrogens is 316 g/mol. The Bertz CT molecular complexity index is 709. The van der Waals surface area contributed by atoms with Crippen LogP contribution >= 0.6 is 0 Å². The van der Waals surface area contributed by atoms with Crippen LogP contribution in [0.1, 0.15) is 63.1 Å². The molecule has 0 radical (unpaired) electrons. The summed E-state index contributed by atoms with van der Waals surface area (Å²) in [5.74, 6) is 3.96. The predicted octanol–water partition coefficient (Wildman–Crippen LogP) is 2.97. The van der Waals surface area contributed by atoms with Crippen LogP contribution in [0.3, 0.4) is 0 Å². The number of anilines is 2. The molecule has 0 amide bonds. The van der Waals surface area contributed by atoms with Crippen molar-refractivity contribution < 1.29 is 4.52 Å². The van der Waals surface area contributed by atoms with Gasteiger partial charge in [0.2, 0.25) is 11.8 Å². The van der Waals surface area contributed by atoms with Crippen LogP contribution in [0.2, 0.25) is 0 Å². The molecule has 2 aliphatic rings. The lowest BCUT2D eigenvalue weighted by molar-refractivity contribution is 0.354. The van der Waals surface area contributed by atoms with E-state index in [0.29, 0.717) is 0 Å². The lowest BCUT2D eigenvalue weighted by Crippen LogP contribution is -2.36. The summed E-state index contributed by atoms with van der Waals surface area (Å²) in [5.41, 5.74) is 0. The molecule has 1 unspecified atom stereocenters. The first-order valence-electron chi connectivity index (χ1n) is 9.37. The van der Waals surface area contributed by atoms with Gasteiger partial charge in [-0.25, -0.2) is 4.98 Å². The number of nitrogens with zero attached hydrogens (tertiary/aromatic N) is 6. The van der Waals surface area contributed by atoms with Crippen molar-refractivity contribution in [2.45, 2.75) is 51.4 Å². The zero-order valence-corrected chi connectivity index (χ0v) is 15.1. The first-order valence-corrected chi connectivity index (χ1v) is 9.37. The number of aromatic nitrogens is 4. The second-order valence-electron chi connectivity index (χ2n) is 7.34. The average Bonchev–Trinajstić information content (AvgIpc) is 3.34. The van der Waals surface area contributed by atoms with E-state index in [-0.39, 0.29) is 11.8 Å². The normalized spacial score (nSPS) is 21.3. The molecule has 2 fully saturated rings. The third kappa shape index (κ3) is 3.45. The molecule has 4 rings (SSSR count). The Morgan fingerprint density at radius 3 is 2.64 bits per heavy atom. The van der Waals surface area contributed by atoms with Crippen molar-refractivity contribution in [3.05, 3.63) is 24.0 Å². The van der Waals surface area contributed by atoms with Gasteiger partial charge in [-0.3, -0.25) is 0 Å². The van der Waals surface area contributed by atoms with E-state index in [0.717, 1.165) is 62.5 Å². The standard InChI is InChI=1S/C18H26N6O/c1-13(2)17-21-16(22-25-17)14-6-5-11-24(12-14)18-19-8-7-15(20-18)23-9-3-4-10-23/h7-8,13-14H,3-6,9-12H2,1-2H3. The highest BCUT2D eigenvalue weighted by atomic mass is 16.5. The van der Waals surface area contributed by atoms with Gasteiger partial charge in [0.25, 0.3) is 0 Å². The van der Waals surface area contributed by atoms with Crippen LogP contribution < -0.4 is 9.80 Å². The van der Waals surface area contributed by atoms with Gasteiger partial charge in [-0.05, 0) is 31.7 Å². The van der Waals surface area contributed by atoms with Gasteiger partial charge in [-0.2, -0.15) is 9.97 Å². The van der Waals surface area contributed by atoms with Crippen LogP contribution in [0, 0.1) is 0 Å². The molecule has 2 aromatic rings. The lowest BCUT2D eigenvalue weighted by atomic mass is 9.97. The SMILES string of the molecule is CC(C)c1nc(C2CCCN(c3nccc(N4CCCC4)n3)C2)no1. The van der Waals surface area contributed by atoms with E-state index in [2.05, 4.69) is 38.8 Å². The van der Waals surface area contributed by atoms with Crippen molar-refractivity contribution in [1.82, 2.24) is 20.1 Å². The molecule has 7 heteroatoms. The van der Waals surface area contributed by atoms with Crippen LogP contribution in [0.15, 0.2) is 16.8 Å². The van der Waals surface area contributed by atoms with Crippen LogP contribution in [0.25, 0.3) is 0 Å². The maximum atomic E-state index is 5.39. The van der Waals surface area contributed by atoms with Crippen molar-refractivity contribution >= 4 is 11.8 Å². The Kier molecular flexibility index (Phi) is 4.55. The second-order valence-corrected chi connectivity index (χ2v) is 7.34. The molecular formula is C18H26N6O. The molecule has 0 bridgehead atoms. The van der Waals surface area contributed by atoms with Crippen molar-refractivity contribution in [3.8, 4) is 0 Å². The summed E-state index contributed by atoms with van der Waals surface area (Å²) < 4.78 is 5.39. The molecule has 0 spiro atoms. The topological polar surface area (TPSA) is 71.2 Å². The van der Waals surface area contributed by atoms with E-state index in [4.69, 9.17) is 9.51 Å². The highest BCUT2D eigenvalue weighted by molar-refractivity contribution is 5.44. The van der Waals surface area contributed by atoms with Crippen molar-refractivity contribution in [1.29, 1.82) is 0 Å². The molecule has 25 heavy (non-hydrogen) atoms. The largest absolute Gasteiger partial charge is 0.356 e. The van der Waals surface area contributed by atoms with Crippen LogP contribution in [0.4, 0.5) is 11.8 Å². The maximum absolute atomic E-state index is 5.39. The molecule has 0 N–H and O–H groups in total. The van der Waals surface area contributed by atoms with Crippen molar-refractivity contribution in [3.63, 3.8) is 0 Å². The molecule has 2 aromatic heterocycles. The van der Waals surface area contributed by atoms with E-state index in [1.807, 2.05) is 12.3 Å². The van der Waals surface area contributed by atoms with Crippen LogP contribution in [0.5, 0.6) is 0 Å². The Labute approximate surface area is 148 Å². The first kappa shape index (κ1) is 16.3. The Hall–Kier alpha value is -2.18. The highest BCUT2D eigenvalue weighted by Gasteiger charge is 2.27. The maximum Gasteiger partial charge on any atom is 0.229 e. The Morgan fingerprint density at radius 1 is 1.08 bits per heavy atom. The molecule has 0 aromatic carbocycles. The van der Waals surface area contributed by atoms with Crippen LogP contribution in [-0.2, 0) is 0 Å². The van der Waals surface area contributed by atoms with Gasteiger partial charge in [0.1, 0.15) is 5.82 Å². The van der Waals surface area contributed by atoms with Gasteiger partial charge < -0.3 is 14.3 Å². The van der Waals surface area contributed by atoms with E-state index >= 15 is 0 Å². The minimum atomic E-state index is 0.265. The third-order valence-corrected chi connectivity index (χ3v) is 5.08. The number of piperidine rings is 1. The van der Waals surface area contributed by atoms with Gasteiger partial charge in [0, 0.05) is 44.2 Å². The summed E-state index contributed by atoms with van der Waals surface area (Å²) in [6.07, 6.45) is 6.56. The average molecular weight is 342 g/mol. The van der Waals surface area contributed by atoms with E-state index in [9.17, 15) is 0 Å². The summed E-state index contributed by atoms with van der Waals surface area (Å²) >= 11 is 0. The quantitative estimate of drug-likeness (QED) is 0.846. The zero-order valence-electron chi connectivity index (χ0n) is 15.1. The van der Waals surface area contributed by atoms with Crippen molar-refractivity contribution in [2.24, 2.45) is 0 Å². The fourth-order valence-electron chi connectivity index (χ4n) is 3.63. The van der Waals surface area contributed by atoms with Gasteiger partial charge >= 0.3 is 0 Å². The molecule has 0 aliphatic carbocycles. The minimum absolute atomic E-state index is 0.265. The lowest BCUT2D eigenvalue weighted by Gasteiger charge is -2.31. The number of rotatable bonds is 4. The molecule has 4 heterocycles. The van der Waals surface area contributed by atoms with Gasteiger partial charge in [0.05, 0.1) is 0 Å². The number of hydrogen-bond acceptors (Lipinski definition) is 7. The fraction of sp³-hybridized carbons (Fsp3) is 0.667. The molecule has 1 atom stereocenters. The van der Waals surface area contributed by atoms with E-state index < -0.39 is 0 Å². The highest BCUT2D eigenvalue weighted by Crippen LogP contribution is 2.29. The molecule has 2 aliphatic heterocycles. The molecule has 7 nitrogen and oxygen atoms in total. The third-order valence-electron chi connectivity index (χ3n) is 5.08. The van der Waals surface area contributed by atoms with Crippen molar-refractivity contribution in [2.75, 3.05) is 36.0 Å². The Morgan fingerprint density at radius 2 is 1.88 bits per heavy atom. The smallest absolute Gasteiger partial charge is 0.229 e. The van der Waals surface area contributed by atoms with E-state index in [1.165, 1.54) is 12.8 Å². The van der Waals surface area contributed by atoms with E-state index in [1.54, 1.807) is 0 Å². The molecule has 2 saturated heterocycles. The second kappa shape index (κ2) is 6.98. The first-order chi connectivity index (χ1) is 12.2. The molecule has 134 valence electrons. The monoisotopic (exact) mass is 342 g/mol. The minimum Gasteiger partial charge on any atom is -0.356 e. The summed E-state index contributed by atoms with van der Waals surface area (Å²) in [7, 11) is 0. The van der Waals surface area contributed by atoms with Crippen LogP contribution in [-0.4, -0.2) is 46.3 Å². The van der Waals surface area contributed by atoms with Gasteiger partial charge in [0.15, 0.2) is 5.82 Å². The zero-order chi connectivity index (χ0) is 17.2. The summed E-state index contributed by atoms with van der Waals surface area (Å²) in [6.45, 7) is 8.17. The predicted molar refractivity (Wildman–Crippen MR) is 96.1 cm³/mol.